The molecule has 0 unspecified atom stereocenters. The highest BCUT2D eigenvalue weighted by molar-refractivity contribution is 5.49. The van der Waals surface area contributed by atoms with Crippen molar-refractivity contribution in [3.05, 3.63) is 41.9 Å². The number of hydrogen-bond donors (Lipinski definition) is 1. The quantitative estimate of drug-likeness (QED) is 0.892. The molecule has 3 rings (SSSR count). The number of ether oxygens (including phenoxy) is 2. The van der Waals surface area contributed by atoms with Gasteiger partial charge < -0.3 is 14.8 Å². The van der Waals surface area contributed by atoms with E-state index in [0.717, 1.165) is 18.8 Å². The highest BCUT2D eigenvalue weighted by Gasteiger charge is 2.16. The molecule has 0 amide bonds. The molecule has 1 aliphatic rings. The predicted octanol–water partition coefficient (Wildman–Crippen LogP) is 1.88. The van der Waals surface area contributed by atoms with Gasteiger partial charge in [-0.25, -0.2) is 9.97 Å². The van der Waals surface area contributed by atoms with Crippen LogP contribution in [0, 0.1) is 0 Å². The van der Waals surface area contributed by atoms with Crippen LogP contribution in [0.2, 0.25) is 0 Å². The highest BCUT2D eigenvalue weighted by Crippen LogP contribution is 2.35. The molecule has 92 valence electrons. The summed E-state index contributed by atoms with van der Waals surface area (Å²) in [7, 11) is 1.64. The van der Waals surface area contributed by atoms with Crippen LogP contribution in [0.3, 0.4) is 0 Å². The van der Waals surface area contributed by atoms with E-state index >= 15 is 0 Å². The number of methoxy groups -OCH3 is 1. The average molecular weight is 243 g/mol. The molecule has 0 bridgehead atoms. The van der Waals surface area contributed by atoms with Gasteiger partial charge in [0.05, 0.1) is 7.11 Å². The fourth-order valence-corrected chi connectivity index (χ4v) is 2.00. The lowest BCUT2D eigenvalue weighted by atomic mass is 10.1. The van der Waals surface area contributed by atoms with Crippen molar-refractivity contribution in [2.75, 3.05) is 7.11 Å². The summed E-state index contributed by atoms with van der Waals surface area (Å²) in [5.74, 6) is 1.91. The molecule has 2 aromatic rings. The van der Waals surface area contributed by atoms with Crippen LogP contribution in [0.4, 0.5) is 0 Å². The number of nitrogens with zero attached hydrogens (tertiary/aromatic N) is 2. The lowest BCUT2D eigenvalue weighted by molar-refractivity contribution is 0.373. The molecule has 0 atom stereocenters. The predicted molar refractivity (Wildman–Crippen MR) is 65.6 cm³/mol. The second kappa shape index (κ2) is 4.62. The first-order valence-electron chi connectivity index (χ1n) is 5.71. The smallest absolute Gasteiger partial charge is 0.222 e. The SMILES string of the molecule is COc1cc2c(cc1Oc1ccncn1)CNC2. The van der Waals surface area contributed by atoms with E-state index < -0.39 is 0 Å². The third-order valence-electron chi connectivity index (χ3n) is 2.89. The molecule has 18 heavy (non-hydrogen) atoms. The van der Waals surface area contributed by atoms with Gasteiger partial charge in [0.1, 0.15) is 6.33 Å². The number of hydrogen-bond acceptors (Lipinski definition) is 5. The fraction of sp³-hybridized carbons (Fsp3) is 0.231. The molecule has 1 aromatic heterocycles. The van der Waals surface area contributed by atoms with E-state index in [0.29, 0.717) is 11.6 Å². The average Bonchev–Trinajstić information content (AvgIpc) is 2.86. The van der Waals surface area contributed by atoms with Crippen molar-refractivity contribution in [2.24, 2.45) is 0 Å². The molecule has 0 spiro atoms. The monoisotopic (exact) mass is 243 g/mol. The maximum absolute atomic E-state index is 5.72. The van der Waals surface area contributed by atoms with Crippen LogP contribution in [-0.2, 0) is 13.1 Å². The lowest BCUT2D eigenvalue weighted by Gasteiger charge is -2.11. The van der Waals surface area contributed by atoms with Gasteiger partial charge in [0.2, 0.25) is 5.88 Å². The Hall–Kier alpha value is -2.14. The molecule has 5 nitrogen and oxygen atoms in total. The van der Waals surface area contributed by atoms with Gasteiger partial charge in [-0.3, -0.25) is 0 Å². The van der Waals surface area contributed by atoms with Gasteiger partial charge in [-0.1, -0.05) is 0 Å². The maximum Gasteiger partial charge on any atom is 0.222 e. The van der Waals surface area contributed by atoms with Gasteiger partial charge in [-0.15, -0.1) is 0 Å². The normalized spacial score (nSPS) is 13.2. The summed E-state index contributed by atoms with van der Waals surface area (Å²) < 4.78 is 11.1. The topological polar surface area (TPSA) is 56.3 Å². The van der Waals surface area contributed by atoms with Crippen LogP contribution in [0.25, 0.3) is 0 Å². The molecule has 1 aromatic carbocycles. The van der Waals surface area contributed by atoms with Crippen LogP contribution >= 0.6 is 0 Å². The highest BCUT2D eigenvalue weighted by atomic mass is 16.5. The summed E-state index contributed by atoms with van der Waals surface area (Å²) in [6.07, 6.45) is 3.10. The Morgan fingerprint density at radius 3 is 2.61 bits per heavy atom. The number of fused-ring (bicyclic) bond motifs is 1. The first kappa shape index (κ1) is 11.0. The number of rotatable bonds is 3. The molecule has 2 heterocycles. The van der Waals surface area contributed by atoms with E-state index in [1.54, 1.807) is 19.4 Å². The van der Waals surface area contributed by atoms with Crippen LogP contribution in [0.1, 0.15) is 11.1 Å². The van der Waals surface area contributed by atoms with Gasteiger partial charge in [0.25, 0.3) is 0 Å². The van der Waals surface area contributed by atoms with Crippen molar-refractivity contribution in [1.82, 2.24) is 15.3 Å². The minimum absolute atomic E-state index is 0.509. The molecule has 0 radical (unpaired) electrons. The van der Waals surface area contributed by atoms with E-state index in [9.17, 15) is 0 Å². The van der Waals surface area contributed by atoms with Crippen LogP contribution in [0.5, 0.6) is 17.4 Å². The molecule has 0 saturated heterocycles. The largest absolute Gasteiger partial charge is 0.493 e. The van der Waals surface area contributed by atoms with Crippen molar-refractivity contribution >= 4 is 0 Å². The molecule has 0 saturated carbocycles. The van der Waals surface area contributed by atoms with Gasteiger partial charge in [0, 0.05) is 25.4 Å². The zero-order chi connectivity index (χ0) is 12.4. The van der Waals surface area contributed by atoms with Crippen LogP contribution in [-0.4, -0.2) is 17.1 Å². The molecular weight excluding hydrogens is 230 g/mol. The Kier molecular flexibility index (Phi) is 2.82. The van der Waals surface area contributed by atoms with Crippen molar-refractivity contribution in [2.45, 2.75) is 13.1 Å². The Bertz CT molecular complexity index is 558. The van der Waals surface area contributed by atoms with E-state index in [1.807, 2.05) is 12.1 Å². The van der Waals surface area contributed by atoms with Crippen molar-refractivity contribution < 1.29 is 9.47 Å². The van der Waals surface area contributed by atoms with Crippen LogP contribution < -0.4 is 14.8 Å². The van der Waals surface area contributed by atoms with Gasteiger partial charge in [-0.05, 0) is 23.3 Å². The number of aromatic nitrogens is 2. The second-order valence-electron chi connectivity index (χ2n) is 4.03. The van der Waals surface area contributed by atoms with Crippen LogP contribution in [0.15, 0.2) is 30.7 Å². The zero-order valence-electron chi connectivity index (χ0n) is 10.0. The fourth-order valence-electron chi connectivity index (χ4n) is 2.00. The standard InChI is InChI=1S/C13H13N3O2/c1-17-11-4-9-6-15-7-10(9)5-12(11)18-13-2-3-14-8-16-13/h2-5,8,15H,6-7H2,1H3. The summed E-state index contributed by atoms with van der Waals surface area (Å²) in [4.78, 5) is 7.89. The van der Waals surface area contributed by atoms with E-state index in [-0.39, 0.29) is 0 Å². The van der Waals surface area contributed by atoms with Crippen molar-refractivity contribution in [3.63, 3.8) is 0 Å². The molecule has 1 aliphatic heterocycles. The Balaban J connectivity index is 1.96. The summed E-state index contributed by atoms with van der Waals surface area (Å²) >= 11 is 0. The van der Waals surface area contributed by atoms with E-state index in [2.05, 4.69) is 15.3 Å². The summed E-state index contributed by atoms with van der Waals surface area (Å²) in [6.45, 7) is 1.74. The lowest BCUT2D eigenvalue weighted by Crippen LogP contribution is -1.99. The molecular formula is C13H13N3O2. The zero-order valence-corrected chi connectivity index (χ0v) is 10.0. The number of benzene rings is 1. The van der Waals surface area contributed by atoms with Crippen molar-refractivity contribution in [3.8, 4) is 17.4 Å². The Morgan fingerprint density at radius 2 is 1.94 bits per heavy atom. The molecule has 1 N–H and O–H groups in total. The van der Waals surface area contributed by atoms with Gasteiger partial charge >= 0.3 is 0 Å². The van der Waals surface area contributed by atoms with Gasteiger partial charge in [0.15, 0.2) is 11.5 Å². The second-order valence-corrected chi connectivity index (χ2v) is 4.03. The summed E-state index contributed by atoms with van der Waals surface area (Å²) in [6, 6.07) is 5.72. The molecule has 0 aliphatic carbocycles. The third-order valence-corrected chi connectivity index (χ3v) is 2.89. The maximum atomic E-state index is 5.72. The number of nitrogens with one attached hydrogen (secondary N) is 1. The van der Waals surface area contributed by atoms with E-state index in [1.165, 1.54) is 17.5 Å². The molecule has 0 fully saturated rings. The van der Waals surface area contributed by atoms with Crippen molar-refractivity contribution in [1.29, 1.82) is 0 Å². The third kappa shape index (κ3) is 2.00. The molecule has 5 heteroatoms. The minimum atomic E-state index is 0.509. The Morgan fingerprint density at radius 1 is 1.17 bits per heavy atom. The minimum Gasteiger partial charge on any atom is -0.493 e. The first-order valence-corrected chi connectivity index (χ1v) is 5.71. The first-order chi connectivity index (χ1) is 8.86. The van der Waals surface area contributed by atoms with Gasteiger partial charge in [-0.2, -0.15) is 0 Å². The summed E-state index contributed by atoms with van der Waals surface area (Å²) in [5, 5.41) is 3.29. The van der Waals surface area contributed by atoms with E-state index in [4.69, 9.17) is 9.47 Å². The summed E-state index contributed by atoms with van der Waals surface area (Å²) in [5.41, 5.74) is 2.49. The Labute approximate surface area is 105 Å².